The topological polar surface area (TPSA) is 84.4 Å². The molecule has 1 aromatic carbocycles. The highest BCUT2D eigenvalue weighted by molar-refractivity contribution is 5.80. The molecule has 2 rings (SSSR count). The summed E-state index contributed by atoms with van der Waals surface area (Å²) in [5, 5.41) is 6.83. The summed E-state index contributed by atoms with van der Waals surface area (Å²) < 4.78 is 16.4. The second-order valence-electron chi connectivity index (χ2n) is 7.00. The molecule has 2 N–H and O–H groups in total. The summed E-state index contributed by atoms with van der Waals surface area (Å²) in [5.74, 6) is 2.34. The molecule has 0 unspecified atom stereocenters. The van der Waals surface area contributed by atoms with Crippen molar-refractivity contribution in [3.05, 3.63) is 23.8 Å². The van der Waals surface area contributed by atoms with Crippen LogP contribution in [0.2, 0.25) is 0 Å². The fourth-order valence-corrected chi connectivity index (χ4v) is 3.39. The van der Waals surface area contributed by atoms with Crippen molar-refractivity contribution in [2.45, 2.75) is 46.1 Å². The zero-order chi connectivity index (χ0) is 21.8. The highest BCUT2D eigenvalue weighted by Gasteiger charge is 2.24. The third-order valence-electron chi connectivity index (χ3n) is 4.90. The normalized spacial score (nSPS) is 14.9. The van der Waals surface area contributed by atoms with Crippen LogP contribution in [-0.4, -0.2) is 69.5 Å². The second-order valence-corrected chi connectivity index (χ2v) is 7.00. The fraction of sp³-hybridized carbons (Fsp3) is 0.636. The Balaban J connectivity index is 1.78. The number of aliphatic imine (C=N–C) groups is 1. The molecule has 1 amide bonds. The van der Waals surface area contributed by atoms with E-state index in [9.17, 15) is 4.79 Å². The maximum Gasteiger partial charge on any atom is 0.409 e. The van der Waals surface area contributed by atoms with Crippen molar-refractivity contribution >= 4 is 12.1 Å². The van der Waals surface area contributed by atoms with Gasteiger partial charge in [-0.25, -0.2) is 4.79 Å². The molecule has 1 aliphatic heterocycles. The number of guanidine groups is 1. The Morgan fingerprint density at radius 2 is 1.80 bits per heavy atom. The second kappa shape index (κ2) is 12.8. The van der Waals surface area contributed by atoms with Gasteiger partial charge >= 0.3 is 6.09 Å². The molecule has 1 aromatic rings. The fourth-order valence-electron chi connectivity index (χ4n) is 3.39. The predicted octanol–water partition coefficient (Wildman–Crippen LogP) is 2.81. The molecule has 1 fully saturated rings. The van der Waals surface area contributed by atoms with E-state index in [-0.39, 0.29) is 12.1 Å². The number of hydrogen-bond donors (Lipinski definition) is 2. The minimum atomic E-state index is -0.222. The molecule has 0 aromatic heterocycles. The number of carbonyl (C=O) groups excluding carboxylic acids is 1. The molecule has 168 valence electrons. The number of ether oxygens (including phenoxy) is 3. The Hall–Kier alpha value is -2.64. The van der Waals surface area contributed by atoms with Gasteiger partial charge in [-0.15, -0.1) is 0 Å². The maximum atomic E-state index is 11.8. The lowest BCUT2D eigenvalue weighted by Gasteiger charge is -2.32. The van der Waals surface area contributed by atoms with Crippen molar-refractivity contribution in [1.82, 2.24) is 15.5 Å². The van der Waals surface area contributed by atoms with Gasteiger partial charge in [-0.1, -0.05) is 6.07 Å². The van der Waals surface area contributed by atoms with Crippen LogP contribution in [0.3, 0.4) is 0 Å². The smallest absolute Gasteiger partial charge is 0.409 e. The highest BCUT2D eigenvalue weighted by Crippen LogP contribution is 2.28. The molecule has 0 radical (unpaired) electrons. The minimum absolute atomic E-state index is 0.222. The number of carbonyl (C=O) groups is 1. The van der Waals surface area contributed by atoms with Crippen LogP contribution in [0, 0.1) is 0 Å². The summed E-state index contributed by atoms with van der Waals surface area (Å²) in [5.41, 5.74) is 1.17. The van der Waals surface area contributed by atoms with Crippen molar-refractivity contribution in [3.8, 4) is 11.5 Å². The molecule has 0 saturated carbocycles. The lowest BCUT2D eigenvalue weighted by molar-refractivity contribution is 0.0963. The molecule has 8 nitrogen and oxygen atoms in total. The number of rotatable bonds is 9. The number of piperidine rings is 1. The lowest BCUT2D eigenvalue weighted by atomic mass is 10.1. The Kier molecular flexibility index (Phi) is 10.1. The molecule has 0 spiro atoms. The van der Waals surface area contributed by atoms with Crippen LogP contribution in [0.15, 0.2) is 23.2 Å². The Bertz CT molecular complexity index is 688. The quantitative estimate of drug-likeness (QED) is 0.472. The van der Waals surface area contributed by atoms with Gasteiger partial charge in [-0.2, -0.15) is 0 Å². The van der Waals surface area contributed by atoms with Gasteiger partial charge in [-0.05, 0) is 57.7 Å². The molecule has 1 aliphatic rings. The van der Waals surface area contributed by atoms with E-state index in [1.807, 2.05) is 32.9 Å². The minimum Gasteiger partial charge on any atom is -0.490 e. The van der Waals surface area contributed by atoms with E-state index in [0.29, 0.717) is 32.9 Å². The molecule has 0 atom stereocenters. The molecule has 0 bridgehead atoms. The van der Waals surface area contributed by atoms with Crippen molar-refractivity contribution in [2.75, 3.05) is 46.5 Å². The van der Waals surface area contributed by atoms with Crippen molar-refractivity contribution in [2.24, 2.45) is 4.99 Å². The van der Waals surface area contributed by atoms with Crippen molar-refractivity contribution < 1.29 is 19.0 Å². The summed E-state index contributed by atoms with van der Waals surface area (Å²) >= 11 is 0. The standard InChI is InChI=1S/C22H36N4O4/c1-5-28-19-9-8-17(16-20(19)29-6-2)10-13-24-21(23-4)25-18-11-14-26(15-12-18)22(27)30-7-3/h8-9,16,18H,5-7,10-15H2,1-4H3,(H2,23,24,25). The molecular weight excluding hydrogens is 384 g/mol. The first-order chi connectivity index (χ1) is 14.6. The average Bonchev–Trinajstić information content (AvgIpc) is 2.75. The van der Waals surface area contributed by atoms with Gasteiger partial charge in [-0.3, -0.25) is 4.99 Å². The van der Waals surface area contributed by atoms with E-state index in [2.05, 4.69) is 21.7 Å². The van der Waals surface area contributed by atoms with Gasteiger partial charge in [0, 0.05) is 32.7 Å². The molecule has 0 aliphatic carbocycles. The Labute approximate surface area is 180 Å². The van der Waals surface area contributed by atoms with E-state index in [1.54, 1.807) is 11.9 Å². The lowest BCUT2D eigenvalue weighted by Crippen LogP contribution is -2.50. The zero-order valence-corrected chi connectivity index (χ0v) is 18.7. The van der Waals surface area contributed by atoms with E-state index in [4.69, 9.17) is 14.2 Å². The van der Waals surface area contributed by atoms with Crippen LogP contribution in [0.1, 0.15) is 39.2 Å². The predicted molar refractivity (Wildman–Crippen MR) is 119 cm³/mol. The van der Waals surface area contributed by atoms with Crippen LogP contribution in [0.5, 0.6) is 11.5 Å². The largest absolute Gasteiger partial charge is 0.490 e. The maximum absolute atomic E-state index is 11.8. The van der Waals surface area contributed by atoms with Crippen LogP contribution >= 0.6 is 0 Å². The third kappa shape index (κ3) is 7.31. The monoisotopic (exact) mass is 420 g/mol. The van der Waals surface area contributed by atoms with Crippen molar-refractivity contribution in [1.29, 1.82) is 0 Å². The van der Waals surface area contributed by atoms with Crippen LogP contribution in [-0.2, 0) is 11.2 Å². The number of nitrogens with one attached hydrogen (secondary N) is 2. The third-order valence-corrected chi connectivity index (χ3v) is 4.90. The first kappa shape index (κ1) is 23.6. The van der Waals surface area contributed by atoms with Gasteiger partial charge in [0.05, 0.1) is 19.8 Å². The average molecular weight is 421 g/mol. The zero-order valence-electron chi connectivity index (χ0n) is 18.7. The van der Waals surface area contributed by atoms with Crippen LogP contribution < -0.4 is 20.1 Å². The van der Waals surface area contributed by atoms with Gasteiger partial charge in [0.15, 0.2) is 17.5 Å². The van der Waals surface area contributed by atoms with E-state index < -0.39 is 0 Å². The Morgan fingerprint density at radius 1 is 1.10 bits per heavy atom. The van der Waals surface area contributed by atoms with Gasteiger partial charge in [0.1, 0.15) is 0 Å². The number of hydrogen-bond acceptors (Lipinski definition) is 5. The molecule has 1 saturated heterocycles. The first-order valence-electron chi connectivity index (χ1n) is 10.9. The first-order valence-corrected chi connectivity index (χ1v) is 10.9. The number of likely N-dealkylation sites (tertiary alicyclic amines) is 1. The van der Waals surface area contributed by atoms with Crippen LogP contribution in [0.25, 0.3) is 0 Å². The summed E-state index contributed by atoms with van der Waals surface area (Å²) in [6.07, 6.45) is 2.36. The van der Waals surface area contributed by atoms with Gasteiger partial charge in [0.25, 0.3) is 0 Å². The van der Waals surface area contributed by atoms with E-state index in [1.165, 1.54) is 5.56 Å². The highest BCUT2D eigenvalue weighted by atomic mass is 16.6. The molecular formula is C22H36N4O4. The van der Waals surface area contributed by atoms with E-state index >= 15 is 0 Å². The SMILES string of the molecule is CCOC(=O)N1CCC(NC(=NC)NCCc2ccc(OCC)c(OCC)c2)CC1. The molecule has 30 heavy (non-hydrogen) atoms. The summed E-state index contributed by atoms with van der Waals surface area (Å²) in [7, 11) is 1.77. The number of benzene rings is 1. The van der Waals surface area contributed by atoms with Crippen molar-refractivity contribution in [3.63, 3.8) is 0 Å². The Morgan fingerprint density at radius 3 is 2.43 bits per heavy atom. The number of amides is 1. The van der Waals surface area contributed by atoms with Gasteiger partial charge < -0.3 is 29.7 Å². The van der Waals surface area contributed by atoms with Gasteiger partial charge in [0.2, 0.25) is 0 Å². The summed E-state index contributed by atoms with van der Waals surface area (Å²) in [6, 6.07) is 6.36. The van der Waals surface area contributed by atoms with E-state index in [0.717, 1.165) is 43.3 Å². The van der Waals surface area contributed by atoms with Crippen LogP contribution in [0.4, 0.5) is 4.79 Å². The molecule has 8 heteroatoms. The summed E-state index contributed by atoms with van der Waals surface area (Å²) in [6.45, 7) is 9.53. The summed E-state index contributed by atoms with van der Waals surface area (Å²) in [4.78, 5) is 17.9. The number of nitrogens with zero attached hydrogens (tertiary/aromatic N) is 2. The molecule has 1 heterocycles.